The zero-order chi connectivity index (χ0) is 19.5. The highest BCUT2D eigenvalue weighted by molar-refractivity contribution is 7.90. The number of ether oxygens (including phenoxy) is 1. The summed E-state index contributed by atoms with van der Waals surface area (Å²) in [5, 5.41) is 8.74. The third kappa shape index (κ3) is 3.94. The minimum absolute atomic E-state index is 0.0935. The highest BCUT2D eigenvalue weighted by Gasteiger charge is 2.35. The lowest BCUT2D eigenvalue weighted by Crippen LogP contribution is -2.31. The molecule has 0 fully saturated rings. The van der Waals surface area contributed by atoms with E-state index < -0.39 is 38.1 Å². The summed E-state index contributed by atoms with van der Waals surface area (Å²) in [6.45, 7) is 0. The Morgan fingerprint density at radius 1 is 1.19 bits per heavy atom. The number of nitrogens with zero attached hydrogens (tertiary/aromatic N) is 1. The first-order valence-electron chi connectivity index (χ1n) is 6.91. The van der Waals surface area contributed by atoms with Gasteiger partial charge in [-0.05, 0) is 30.3 Å². The molecule has 6 nitrogen and oxygen atoms in total. The molecule has 26 heavy (non-hydrogen) atoms. The molecule has 0 radical (unpaired) electrons. The number of amides is 1. The standard InChI is InChI=1S/C16H11F3N2O4S/c1-25-14-5-3-2-4-12(14)15(22)21-26(23,24)11-7-6-10(9-20)13(8-11)16(17,18)19/h2-8H,1H3,(H,21,22). The highest BCUT2D eigenvalue weighted by Crippen LogP contribution is 2.33. The second-order valence-electron chi connectivity index (χ2n) is 4.95. The van der Waals surface area contributed by atoms with Crippen LogP contribution in [0.15, 0.2) is 47.4 Å². The molecule has 0 heterocycles. The van der Waals surface area contributed by atoms with E-state index in [0.717, 1.165) is 12.1 Å². The highest BCUT2D eigenvalue weighted by atomic mass is 32.2. The summed E-state index contributed by atoms with van der Waals surface area (Å²) in [6.07, 6.45) is -4.93. The SMILES string of the molecule is COc1ccccc1C(=O)NS(=O)(=O)c1ccc(C#N)c(C(F)(F)F)c1. The smallest absolute Gasteiger partial charge is 0.417 e. The van der Waals surface area contributed by atoms with Crippen LogP contribution in [-0.2, 0) is 16.2 Å². The quantitative estimate of drug-likeness (QED) is 0.874. The van der Waals surface area contributed by atoms with Crippen molar-refractivity contribution in [1.82, 2.24) is 4.72 Å². The van der Waals surface area contributed by atoms with Crippen molar-refractivity contribution in [3.05, 3.63) is 59.2 Å². The molecular weight excluding hydrogens is 373 g/mol. The maximum absolute atomic E-state index is 13.0. The van der Waals surface area contributed by atoms with Gasteiger partial charge in [-0.1, -0.05) is 12.1 Å². The molecule has 0 saturated carbocycles. The van der Waals surface area contributed by atoms with E-state index in [-0.39, 0.29) is 11.3 Å². The second-order valence-corrected chi connectivity index (χ2v) is 6.63. The Kier molecular flexibility index (Phi) is 5.22. The molecule has 0 atom stereocenters. The average Bonchev–Trinajstić information content (AvgIpc) is 2.59. The molecule has 10 heteroatoms. The summed E-state index contributed by atoms with van der Waals surface area (Å²) in [4.78, 5) is 11.4. The van der Waals surface area contributed by atoms with Crippen molar-refractivity contribution in [2.45, 2.75) is 11.1 Å². The number of carbonyl (C=O) groups is 1. The summed E-state index contributed by atoms with van der Waals surface area (Å²) >= 11 is 0. The lowest BCUT2D eigenvalue weighted by Gasteiger charge is -2.12. The van der Waals surface area contributed by atoms with Gasteiger partial charge in [-0.15, -0.1) is 0 Å². The lowest BCUT2D eigenvalue weighted by atomic mass is 10.1. The van der Waals surface area contributed by atoms with Gasteiger partial charge in [-0.2, -0.15) is 18.4 Å². The predicted molar refractivity (Wildman–Crippen MR) is 83.8 cm³/mol. The monoisotopic (exact) mass is 384 g/mol. The van der Waals surface area contributed by atoms with Crippen LogP contribution in [-0.4, -0.2) is 21.4 Å². The van der Waals surface area contributed by atoms with Gasteiger partial charge in [-0.25, -0.2) is 13.1 Å². The van der Waals surface area contributed by atoms with Gasteiger partial charge in [0.25, 0.3) is 15.9 Å². The number of nitrogens with one attached hydrogen (secondary N) is 1. The molecule has 2 aromatic carbocycles. The molecule has 2 rings (SSSR count). The molecule has 0 saturated heterocycles. The Bertz CT molecular complexity index is 995. The molecule has 1 amide bonds. The van der Waals surface area contributed by atoms with Gasteiger partial charge in [0, 0.05) is 0 Å². The van der Waals surface area contributed by atoms with E-state index in [9.17, 15) is 26.4 Å². The Morgan fingerprint density at radius 3 is 2.42 bits per heavy atom. The Balaban J connectivity index is 2.42. The summed E-state index contributed by atoms with van der Waals surface area (Å²) in [6, 6.07) is 8.92. The van der Waals surface area contributed by atoms with E-state index in [0.29, 0.717) is 6.07 Å². The second kappa shape index (κ2) is 7.05. The number of nitriles is 1. The van der Waals surface area contributed by atoms with Crippen molar-refractivity contribution in [1.29, 1.82) is 5.26 Å². The molecule has 0 aromatic heterocycles. The summed E-state index contributed by atoms with van der Waals surface area (Å²) < 4.78 is 70.1. The van der Waals surface area contributed by atoms with E-state index in [4.69, 9.17) is 10.00 Å². The van der Waals surface area contributed by atoms with Crippen LogP contribution in [0, 0.1) is 11.3 Å². The van der Waals surface area contributed by atoms with Crippen molar-refractivity contribution < 1.29 is 31.1 Å². The van der Waals surface area contributed by atoms with E-state index >= 15 is 0 Å². The fourth-order valence-corrected chi connectivity index (χ4v) is 3.08. The number of rotatable bonds is 4. The fraction of sp³-hybridized carbons (Fsp3) is 0.125. The summed E-state index contributed by atoms with van der Waals surface area (Å²) in [5.41, 5.74) is -2.25. The predicted octanol–water partition coefficient (Wildman–Crippen LogP) is 2.70. The van der Waals surface area contributed by atoms with Crippen molar-refractivity contribution in [3.8, 4) is 11.8 Å². The van der Waals surface area contributed by atoms with Gasteiger partial charge in [0.1, 0.15) is 5.75 Å². The van der Waals surface area contributed by atoms with E-state index in [2.05, 4.69) is 0 Å². The molecule has 136 valence electrons. The van der Waals surface area contributed by atoms with Crippen molar-refractivity contribution in [3.63, 3.8) is 0 Å². The topological polar surface area (TPSA) is 96.3 Å². The lowest BCUT2D eigenvalue weighted by molar-refractivity contribution is -0.137. The van der Waals surface area contributed by atoms with Gasteiger partial charge in [-0.3, -0.25) is 4.79 Å². The Morgan fingerprint density at radius 2 is 1.85 bits per heavy atom. The first kappa shape index (κ1) is 19.3. The number of hydrogen-bond acceptors (Lipinski definition) is 5. The Hall–Kier alpha value is -3.06. The van der Waals surface area contributed by atoms with Crippen LogP contribution >= 0.6 is 0 Å². The number of sulfonamides is 1. The first-order valence-corrected chi connectivity index (χ1v) is 8.40. The summed E-state index contributed by atoms with van der Waals surface area (Å²) in [5.74, 6) is -0.976. The van der Waals surface area contributed by atoms with Crippen LogP contribution in [0.4, 0.5) is 13.2 Å². The maximum atomic E-state index is 13.0. The van der Waals surface area contributed by atoms with Gasteiger partial charge in [0.2, 0.25) is 0 Å². The van der Waals surface area contributed by atoms with Crippen molar-refractivity contribution >= 4 is 15.9 Å². The first-order chi connectivity index (χ1) is 12.1. The van der Waals surface area contributed by atoms with Gasteiger partial charge in [0.05, 0.1) is 34.8 Å². The Labute approximate surface area is 146 Å². The van der Waals surface area contributed by atoms with Gasteiger partial charge in [0.15, 0.2) is 0 Å². The van der Waals surface area contributed by atoms with E-state index in [1.807, 2.05) is 0 Å². The van der Waals surface area contributed by atoms with Crippen molar-refractivity contribution in [2.24, 2.45) is 0 Å². The van der Waals surface area contributed by atoms with Gasteiger partial charge >= 0.3 is 6.18 Å². The average molecular weight is 384 g/mol. The molecule has 0 aliphatic rings. The zero-order valence-electron chi connectivity index (χ0n) is 13.2. The van der Waals surface area contributed by atoms with E-state index in [1.165, 1.54) is 31.4 Å². The number of methoxy groups -OCH3 is 1. The molecule has 0 aliphatic heterocycles. The molecule has 2 aromatic rings. The van der Waals surface area contributed by atoms with Crippen LogP contribution in [0.25, 0.3) is 0 Å². The third-order valence-electron chi connectivity index (χ3n) is 3.31. The normalized spacial score (nSPS) is 11.5. The number of benzene rings is 2. The minimum atomic E-state index is -4.93. The molecule has 0 unspecified atom stereocenters. The third-order valence-corrected chi connectivity index (χ3v) is 4.63. The van der Waals surface area contributed by atoms with E-state index in [1.54, 1.807) is 10.8 Å². The van der Waals surface area contributed by atoms with Crippen LogP contribution in [0.1, 0.15) is 21.5 Å². The number of halogens is 3. The molecule has 1 N–H and O–H groups in total. The molecule has 0 spiro atoms. The number of alkyl halides is 3. The number of carbonyl (C=O) groups excluding carboxylic acids is 1. The fourth-order valence-electron chi connectivity index (χ4n) is 2.09. The zero-order valence-corrected chi connectivity index (χ0v) is 14.0. The number of para-hydroxylation sites is 1. The van der Waals surface area contributed by atoms with Crippen LogP contribution in [0.3, 0.4) is 0 Å². The van der Waals surface area contributed by atoms with Crippen LogP contribution in [0.5, 0.6) is 5.75 Å². The van der Waals surface area contributed by atoms with Crippen LogP contribution < -0.4 is 9.46 Å². The molecular formula is C16H11F3N2O4S. The maximum Gasteiger partial charge on any atom is 0.417 e. The van der Waals surface area contributed by atoms with Crippen LogP contribution in [0.2, 0.25) is 0 Å². The minimum Gasteiger partial charge on any atom is -0.496 e. The molecule has 0 aliphatic carbocycles. The molecule has 0 bridgehead atoms. The van der Waals surface area contributed by atoms with Gasteiger partial charge < -0.3 is 4.74 Å². The number of hydrogen-bond donors (Lipinski definition) is 1. The van der Waals surface area contributed by atoms with Crippen molar-refractivity contribution in [2.75, 3.05) is 7.11 Å². The largest absolute Gasteiger partial charge is 0.496 e. The summed E-state index contributed by atoms with van der Waals surface area (Å²) in [7, 11) is -3.33.